The molecule has 3 rings (SSSR count). The highest BCUT2D eigenvalue weighted by Crippen LogP contribution is 2.39. The van der Waals surface area contributed by atoms with Crippen LogP contribution in [0.25, 0.3) is 0 Å². The van der Waals surface area contributed by atoms with E-state index in [0.717, 1.165) is 38.5 Å². The minimum Gasteiger partial charge on any atom is -0.491 e. The van der Waals surface area contributed by atoms with Gasteiger partial charge in [-0.1, -0.05) is 37.6 Å². The predicted molar refractivity (Wildman–Crippen MR) is 126 cm³/mol. The summed E-state index contributed by atoms with van der Waals surface area (Å²) in [4.78, 5) is 0. The molecular formula is C28H34F4O2. The van der Waals surface area contributed by atoms with Crippen LogP contribution in [-0.2, 0) is 6.42 Å². The zero-order chi connectivity index (χ0) is 24.5. The molecule has 0 atom stereocenters. The number of hydrogen-bond acceptors (Lipinski definition) is 2. The number of unbranched alkanes of at least 4 members (excludes halogenated alkanes) is 1. The largest absolute Gasteiger partial charge is 0.491 e. The number of halogens is 4. The summed E-state index contributed by atoms with van der Waals surface area (Å²) >= 11 is 0. The van der Waals surface area contributed by atoms with E-state index in [1.165, 1.54) is 12.1 Å². The van der Waals surface area contributed by atoms with E-state index in [0.29, 0.717) is 36.5 Å². The first-order valence-corrected chi connectivity index (χ1v) is 12.3. The van der Waals surface area contributed by atoms with Gasteiger partial charge < -0.3 is 9.47 Å². The summed E-state index contributed by atoms with van der Waals surface area (Å²) in [5, 5.41) is 0. The molecule has 0 N–H and O–H groups in total. The Morgan fingerprint density at radius 3 is 2.21 bits per heavy atom. The van der Waals surface area contributed by atoms with Crippen LogP contribution in [0.15, 0.2) is 36.4 Å². The molecule has 1 aliphatic carbocycles. The Kier molecular flexibility index (Phi) is 9.85. The van der Waals surface area contributed by atoms with Crippen molar-refractivity contribution in [1.82, 2.24) is 0 Å². The topological polar surface area (TPSA) is 18.5 Å². The quantitative estimate of drug-likeness (QED) is 0.184. The summed E-state index contributed by atoms with van der Waals surface area (Å²) < 4.78 is 67.7. The third-order valence-electron chi connectivity index (χ3n) is 6.46. The molecule has 0 saturated heterocycles. The van der Waals surface area contributed by atoms with Crippen molar-refractivity contribution in [2.45, 2.75) is 71.1 Å². The standard InChI is InChI=1S/C28H34F4O2/c1-3-5-18-34-24-17-15-22(26(30)28(24)32)20-12-10-19(11-13-20)8-6-7-9-21-14-16-23(33-4-2)27(31)25(21)29/h6,8,14-17,19-20H,3-5,7,9-13,18H2,1-2H3. The van der Waals surface area contributed by atoms with Crippen LogP contribution in [-0.4, -0.2) is 13.2 Å². The molecule has 0 spiro atoms. The summed E-state index contributed by atoms with van der Waals surface area (Å²) in [5.74, 6) is -3.22. The summed E-state index contributed by atoms with van der Waals surface area (Å²) in [5.41, 5.74) is 0.754. The van der Waals surface area contributed by atoms with Gasteiger partial charge >= 0.3 is 0 Å². The molecule has 1 saturated carbocycles. The van der Waals surface area contributed by atoms with E-state index in [2.05, 4.69) is 6.08 Å². The number of allylic oxidation sites excluding steroid dienone is 2. The van der Waals surface area contributed by atoms with E-state index >= 15 is 0 Å². The highest BCUT2D eigenvalue weighted by Gasteiger charge is 2.26. The maximum Gasteiger partial charge on any atom is 0.200 e. The van der Waals surface area contributed by atoms with Gasteiger partial charge in [-0.15, -0.1) is 0 Å². The Morgan fingerprint density at radius 2 is 1.50 bits per heavy atom. The van der Waals surface area contributed by atoms with E-state index in [1.54, 1.807) is 19.1 Å². The van der Waals surface area contributed by atoms with E-state index < -0.39 is 23.3 Å². The van der Waals surface area contributed by atoms with E-state index in [4.69, 9.17) is 9.47 Å². The lowest BCUT2D eigenvalue weighted by molar-refractivity contribution is 0.286. The van der Waals surface area contributed by atoms with Crippen LogP contribution in [0, 0.1) is 29.2 Å². The van der Waals surface area contributed by atoms with Crippen LogP contribution in [0.4, 0.5) is 17.6 Å². The van der Waals surface area contributed by atoms with Gasteiger partial charge in [-0.25, -0.2) is 8.78 Å². The van der Waals surface area contributed by atoms with Crippen molar-refractivity contribution in [3.05, 3.63) is 70.8 Å². The number of hydrogen-bond donors (Lipinski definition) is 0. The molecule has 186 valence electrons. The van der Waals surface area contributed by atoms with E-state index in [1.807, 2.05) is 13.0 Å². The molecule has 0 heterocycles. The minimum atomic E-state index is -0.939. The van der Waals surface area contributed by atoms with Crippen LogP contribution >= 0.6 is 0 Å². The maximum absolute atomic E-state index is 14.7. The first-order chi connectivity index (χ1) is 16.5. The van der Waals surface area contributed by atoms with Gasteiger partial charge in [-0.3, -0.25) is 0 Å². The summed E-state index contributed by atoms with van der Waals surface area (Å²) in [6.07, 6.45) is 10.2. The fourth-order valence-electron chi connectivity index (χ4n) is 4.48. The van der Waals surface area contributed by atoms with Crippen molar-refractivity contribution >= 4 is 0 Å². The van der Waals surface area contributed by atoms with Crippen molar-refractivity contribution in [3.63, 3.8) is 0 Å². The van der Waals surface area contributed by atoms with Crippen LogP contribution in [0.3, 0.4) is 0 Å². The lowest BCUT2D eigenvalue weighted by Crippen LogP contribution is -2.14. The number of benzene rings is 2. The fourth-order valence-corrected chi connectivity index (χ4v) is 4.48. The SMILES string of the molecule is CCCCOc1ccc(C2CCC(C=CCCc3ccc(OCC)c(F)c3F)CC2)c(F)c1F. The van der Waals surface area contributed by atoms with Crippen LogP contribution in [0.1, 0.15) is 75.8 Å². The molecule has 0 bridgehead atoms. The van der Waals surface area contributed by atoms with Crippen LogP contribution in [0.2, 0.25) is 0 Å². The zero-order valence-electron chi connectivity index (χ0n) is 20.0. The Bertz CT molecular complexity index is 965. The minimum absolute atomic E-state index is 0.00947. The normalized spacial score (nSPS) is 18.4. The first kappa shape index (κ1) is 26.1. The molecule has 0 unspecified atom stereocenters. The van der Waals surface area contributed by atoms with Crippen molar-refractivity contribution in [3.8, 4) is 11.5 Å². The Hall–Kier alpha value is -2.50. The molecule has 2 aromatic carbocycles. The van der Waals surface area contributed by atoms with Crippen molar-refractivity contribution in [2.75, 3.05) is 13.2 Å². The molecule has 1 fully saturated rings. The second kappa shape index (κ2) is 12.8. The Morgan fingerprint density at radius 1 is 0.824 bits per heavy atom. The molecule has 34 heavy (non-hydrogen) atoms. The van der Waals surface area contributed by atoms with Gasteiger partial charge in [0.1, 0.15) is 0 Å². The molecule has 0 radical (unpaired) electrons. The average molecular weight is 479 g/mol. The summed E-state index contributed by atoms with van der Waals surface area (Å²) in [6, 6.07) is 6.23. The summed E-state index contributed by atoms with van der Waals surface area (Å²) in [6.45, 7) is 4.39. The molecule has 0 aromatic heterocycles. The molecule has 2 aromatic rings. The number of aryl methyl sites for hydroxylation is 1. The Labute approximate surface area is 200 Å². The summed E-state index contributed by atoms with van der Waals surface area (Å²) in [7, 11) is 0. The highest BCUT2D eigenvalue weighted by atomic mass is 19.2. The van der Waals surface area contributed by atoms with Gasteiger partial charge in [0.15, 0.2) is 23.1 Å². The lowest BCUT2D eigenvalue weighted by atomic mass is 9.78. The second-order valence-electron chi connectivity index (χ2n) is 8.85. The van der Waals surface area contributed by atoms with Gasteiger partial charge in [0.05, 0.1) is 13.2 Å². The highest BCUT2D eigenvalue weighted by molar-refractivity contribution is 5.34. The van der Waals surface area contributed by atoms with Gasteiger partial charge in [-0.05, 0) is 87.0 Å². The monoisotopic (exact) mass is 478 g/mol. The first-order valence-electron chi connectivity index (χ1n) is 12.3. The molecule has 6 heteroatoms. The molecule has 1 aliphatic rings. The maximum atomic E-state index is 14.7. The second-order valence-corrected chi connectivity index (χ2v) is 8.85. The third kappa shape index (κ3) is 6.55. The lowest BCUT2D eigenvalue weighted by Gasteiger charge is -2.27. The van der Waals surface area contributed by atoms with E-state index in [9.17, 15) is 17.6 Å². The van der Waals surface area contributed by atoms with Crippen molar-refractivity contribution in [1.29, 1.82) is 0 Å². The fraction of sp³-hybridized carbons (Fsp3) is 0.500. The van der Waals surface area contributed by atoms with Crippen molar-refractivity contribution < 1.29 is 27.0 Å². The number of rotatable bonds is 11. The van der Waals surface area contributed by atoms with Gasteiger partial charge in [0.25, 0.3) is 0 Å². The van der Waals surface area contributed by atoms with Crippen LogP contribution in [0.5, 0.6) is 11.5 Å². The predicted octanol–water partition coefficient (Wildman–Crippen LogP) is 8.28. The zero-order valence-corrected chi connectivity index (χ0v) is 20.0. The van der Waals surface area contributed by atoms with Gasteiger partial charge in [0, 0.05) is 0 Å². The van der Waals surface area contributed by atoms with Gasteiger partial charge in [-0.2, -0.15) is 8.78 Å². The molecule has 0 amide bonds. The third-order valence-corrected chi connectivity index (χ3v) is 6.46. The van der Waals surface area contributed by atoms with Crippen molar-refractivity contribution in [2.24, 2.45) is 5.92 Å². The van der Waals surface area contributed by atoms with E-state index in [-0.39, 0.29) is 24.0 Å². The number of ether oxygens (including phenoxy) is 2. The van der Waals surface area contributed by atoms with Crippen LogP contribution < -0.4 is 9.47 Å². The Balaban J connectivity index is 1.49. The molecule has 0 aliphatic heterocycles. The van der Waals surface area contributed by atoms with Gasteiger partial charge in [0.2, 0.25) is 11.6 Å². The molecule has 2 nitrogen and oxygen atoms in total. The molecular weight excluding hydrogens is 444 g/mol. The average Bonchev–Trinajstić information content (AvgIpc) is 2.84. The smallest absolute Gasteiger partial charge is 0.200 e.